The van der Waals surface area contributed by atoms with Crippen LogP contribution in [0.3, 0.4) is 0 Å². The first kappa shape index (κ1) is 23.5. The van der Waals surface area contributed by atoms with Gasteiger partial charge in [-0.2, -0.15) is 18.3 Å². The lowest BCUT2D eigenvalue weighted by molar-refractivity contribution is -0.137. The van der Waals surface area contributed by atoms with Gasteiger partial charge in [-0.1, -0.05) is 6.07 Å². The van der Waals surface area contributed by atoms with Crippen LogP contribution in [0.2, 0.25) is 0 Å². The molecule has 0 saturated carbocycles. The molecule has 12 heteroatoms. The summed E-state index contributed by atoms with van der Waals surface area (Å²) in [6.45, 7) is 0. The number of nitrogens with zero attached hydrogens (tertiary/aromatic N) is 4. The largest absolute Gasteiger partial charge is 0.417 e. The summed E-state index contributed by atoms with van der Waals surface area (Å²) in [6, 6.07) is 7.15. The minimum atomic E-state index is -4.89. The van der Waals surface area contributed by atoms with Crippen molar-refractivity contribution in [2.45, 2.75) is 6.18 Å². The summed E-state index contributed by atoms with van der Waals surface area (Å²) in [5.74, 6) is -3.32. The van der Waals surface area contributed by atoms with E-state index < -0.39 is 40.5 Å². The summed E-state index contributed by atoms with van der Waals surface area (Å²) in [4.78, 5) is 33.0. The average molecular weight is 484 g/mol. The number of nitrogens with two attached hydrogens (primary N) is 1. The number of carbonyl (C=O) groups is 2. The van der Waals surface area contributed by atoms with Crippen LogP contribution < -0.4 is 11.1 Å². The topological polar surface area (TPSA) is 116 Å². The van der Waals surface area contributed by atoms with Gasteiger partial charge in [-0.3, -0.25) is 24.2 Å². The Balaban J connectivity index is 1.82. The fourth-order valence-corrected chi connectivity index (χ4v) is 3.47. The van der Waals surface area contributed by atoms with Gasteiger partial charge < -0.3 is 11.1 Å². The number of pyridine rings is 2. The minimum Gasteiger partial charge on any atom is -0.366 e. The van der Waals surface area contributed by atoms with Crippen LogP contribution >= 0.6 is 0 Å². The first-order chi connectivity index (χ1) is 16.6. The van der Waals surface area contributed by atoms with Crippen molar-refractivity contribution in [3.05, 3.63) is 83.7 Å². The van der Waals surface area contributed by atoms with Crippen molar-refractivity contribution in [3.8, 4) is 22.5 Å². The monoisotopic (exact) mass is 484 g/mol. The molecule has 0 radical (unpaired) electrons. The van der Waals surface area contributed by atoms with E-state index in [1.54, 1.807) is 18.2 Å². The van der Waals surface area contributed by atoms with Crippen molar-refractivity contribution in [1.29, 1.82) is 0 Å². The quantitative estimate of drug-likeness (QED) is 0.415. The third-order valence-electron chi connectivity index (χ3n) is 5.03. The number of carbonyl (C=O) groups excluding carboxylic acids is 2. The van der Waals surface area contributed by atoms with Gasteiger partial charge in [0.1, 0.15) is 5.82 Å². The third-order valence-corrected chi connectivity index (χ3v) is 5.03. The second-order valence-electron chi connectivity index (χ2n) is 7.39. The molecule has 8 nitrogen and oxygen atoms in total. The molecular weight excluding hydrogens is 468 g/mol. The fraction of sp³-hybridized carbons (Fsp3) is 0.0870. The van der Waals surface area contributed by atoms with Gasteiger partial charge in [0.15, 0.2) is 0 Å². The van der Waals surface area contributed by atoms with Gasteiger partial charge in [0.2, 0.25) is 0 Å². The van der Waals surface area contributed by atoms with Crippen LogP contribution in [0.15, 0.2) is 61.2 Å². The number of aromatic nitrogens is 4. The summed E-state index contributed by atoms with van der Waals surface area (Å²) in [7, 11) is 1.51. The van der Waals surface area contributed by atoms with E-state index in [0.29, 0.717) is 0 Å². The number of hydrogen-bond donors (Lipinski definition) is 2. The molecule has 3 aromatic heterocycles. The van der Waals surface area contributed by atoms with Crippen LogP contribution in [0, 0.1) is 5.82 Å². The summed E-state index contributed by atoms with van der Waals surface area (Å²) >= 11 is 0. The number of alkyl halides is 3. The fourth-order valence-electron chi connectivity index (χ4n) is 3.47. The molecule has 0 fully saturated rings. The Kier molecular flexibility index (Phi) is 6.03. The predicted octanol–water partition coefficient (Wildman–Crippen LogP) is 4.05. The number of amides is 2. The molecule has 0 unspecified atom stereocenters. The minimum absolute atomic E-state index is 0.0383. The molecule has 4 aromatic rings. The molecule has 178 valence electrons. The number of primary amides is 1. The highest BCUT2D eigenvalue weighted by Gasteiger charge is 2.36. The van der Waals surface area contributed by atoms with Crippen LogP contribution in [0.25, 0.3) is 22.5 Å². The first-order valence-electron chi connectivity index (χ1n) is 9.97. The zero-order chi connectivity index (χ0) is 25.3. The molecule has 4 rings (SSSR count). The van der Waals surface area contributed by atoms with E-state index in [-0.39, 0.29) is 34.3 Å². The Morgan fingerprint density at radius 2 is 1.83 bits per heavy atom. The van der Waals surface area contributed by atoms with Gasteiger partial charge in [0.25, 0.3) is 11.8 Å². The highest BCUT2D eigenvalue weighted by Crippen LogP contribution is 2.38. The van der Waals surface area contributed by atoms with Crippen molar-refractivity contribution in [1.82, 2.24) is 19.7 Å². The molecule has 3 N–H and O–H groups in total. The lowest BCUT2D eigenvalue weighted by Gasteiger charge is -2.16. The van der Waals surface area contributed by atoms with E-state index in [4.69, 9.17) is 5.73 Å². The van der Waals surface area contributed by atoms with Crippen LogP contribution in [-0.4, -0.2) is 31.6 Å². The Labute approximate surface area is 195 Å². The second-order valence-corrected chi connectivity index (χ2v) is 7.39. The maximum absolute atomic E-state index is 14.8. The first-order valence-corrected chi connectivity index (χ1v) is 9.97. The Morgan fingerprint density at radius 1 is 1.06 bits per heavy atom. The highest BCUT2D eigenvalue weighted by molar-refractivity contribution is 6.09. The molecule has 0 saturated heterocycles. The molecule has 0 aliphatic rings. The molecule has 2 amide bonds. The summed E-state index contributed by atoms with van der Waals surface area (Å²) in [5.41, 5.74) is 3.20. The van der Waals surface area contributed by atoms with Gasteiger partial charge in [0, 0.05) is 36.8 Å². The molecule has 3 heterocycles. The molecule has 0 bridgehead atoms. The van der Waals surface area contributed by atoms with Gasteiger partial charge in [0.05, 0.1) is 40.0 Å². The number of anilines is 1. The lowest BCUT2D eigenvalue weighted by atomic mass is 9.99. The zero-order valence-corrected chi connectivity index (χ0v) is 18.0. The zero-order valence-electron chi connectivity index (χ0n) is 18.0. The average Bonchev–Trinajstić information content (AvgIpc) is 3.24. The summed E-state index contributed by atoms with van der Waals surface area (Å²) in [6.07, 6.45) is 0.337. The Hall–Kier alpha value is -4.61. The number of aryl methyl sites for hydroxylation is 1. The Bertz CT molecular complexity index is 1430. The van der Waals surface area contributed by atoms with Crippen LogP contribution in [0.5, 0.6) is 0 Å². The lowest BCUT2D eigenvalue weighted by Crippen LogP contribution is -2.19. The predicted molar refractivity (Wildman–Crippen MR) is 118 cm³/mol. The van der Waals surface area contributed by atoms with E-state index in [1.165, 1.54) is 42.6 Å². The van der Waals surface area contributed by atoms with Gasteiger partial charge >= 0.3 is 6.18 Å². The number of rotatable bonds is 5. The molecule has 0 aliphatic heterocycles. The van der Waals surface area contributed by atoms with Crippen molar-refractivity contribution < 1.29 is 27.2 Å². The third kappa shape index (κ3) is 4.71. The van der Waals surface area contributed by atoms with Crippen LogP contribution in [-0.2, 0) is 13.2 Å². The summed E-state index contributed by atoms with van der Waals surface area (Å²) < 4.78 is 56.9. The van der Waals surface area contributed by atoms with Gasteiger partial charge in [-0.25, -0.2) is 4.39 Å². The summed E-state index contributed by atoms with van der Waals surface area (Å²) in [5, 5.41) is 6.35. The Morgan fingerprint density at radius 3 is 2.43 bits per heavy atom. The number of halogens is 4. The standard InChI is InChI=1S/C23H16F4N6O2/c1-33-7-5-17(32-33)12-8-13(16(24)9-15(12)23(25,26)27)22(35)31-19-11-29-10-14(21(28)34)20(19)18-4-2-3-6-30-18/h2-11H,1H3,(H2,28,34)(H,31,35). The van der Waals surface area contributed by atoms with Crippen molar-refractivity contribution >= 4 is 17.5 Å². The molecule has 35 heavy (non-hydrogen) atoms. The molecule has 0 aliphatic carbocycles. The van der Waals surface area contributed by atoms with Crippen LogP contribution in [0.1, 0.15) is 26.3 Å². The number of benzene rings is 1. The van der Waals surface area contributed by atoms with Crippen molar-refractivity contribution in [3.63, 3.8) is 0 Å². The van der Waals surface area contributed by atoms with E-state index in [2.05, 4.69) is 20.4 Å². The SMILES string of the molecule is Cn1ccc(-c2cc(C(=O)Nc3cncc(C(N)=O)c3-c3ccccn3)c(F)cc2C(F)(F)F)n1. The maximum atomic E-state index is 14.8. The number of hydrogen-bond acceptors (Lipinski definition) is 5. The highest BCUT2D eigenvalue weighted by atomic mass is 19.4. The normalized spacial score (nSPS) is 11.3. The second kappa shape index (κ2) is 8.97. The van der Waals surface area contributed by atoms with E-state index in [1.807, 2.05) is 0 Å². The molecule has 0 atom stereocenters. The van der Waals surface area contributed by atoms with Crippen LogP contribution in [0.4, 0.5) is 23.2 Å². The van der Waals surface area contributed by atoms with Crippen molar-refractivity contribution in [2.24, 2.45) is 12.8 Å². The smallest absolute Gasteiger partial charge is 0.366 e. The molecule has 0 spiro atoms. The van der Waals surface area contributed by atoms with E-state index in [9.17, 15) is 27.2 Å². The van der Waals surface area contributed by atoms with E-state index in [0.717, 1.165) is 6.07 Å². The molecule has 1 aromatic carbocycles. The van der Waals surface area contributed by atoms with Crippen molar-refractivity contribution in [2.75, 3.05) is 5.32 Å². The number of nitrogens with one attached hydrogen (secondary N) is 1. The van der Waals surface area contributed by atoms with E-state index >= 15 is 0 Å². The van der Waals surface area contributed by atoms with Gasteiger partial charge in [-0.05, 0) is 30.3 Å². The molecular formula is C23H16F4N6O2. The maximum Gasteiger partial charge on any atom is 0.417 e. The van der Waals surface area contributed by atoms with Gasteiger partial charge in [-0.15, -0.1) is 0 Å².